The second-order valence-electron chi connectivity index (χ2n) is 5.62. The minimum absolute atomic E-state index is 0.00589. The third kappa shape index (κ3) is 5.55. The van der Waals surface area contributed by atoms with Crippen molar-refractivity contribution < 1.29 is 22.7 Å². The van der Waals surface area contributed by atoms with Crippen molar-refractivity contribution in [3.8, 4) is 5.75 Å². The first-order valence-electron chi connectivity index (χ1n) is 8.50. The largest absolute Gasteiger partial charge is 0.484 e. The lowest BCUT2D eigenvalue weighted by molar-refractivity contribution is -0.122. The van der Waals surface area contributed by atoms with Crippen molar-refractivity contribution >= 4 is 27.3 Å². The molecule has 0 atom stereocenters. The maximum Gasteiger partial charge on any atom is 0.257 e. The minimum atomic E-state index is -3.53. The number of amides is 2. The van der Waals surface area contributed by atoms with Crippen LogP contribution in [0.4, 0.5) is 5.69 Å². The van der Waals surface area contributed by atoms with E-state index in [1.54, 1.807) is 36.4 Å². The van der Waals surface area contributed by atoms with E-state index >= 15 is 0 Å². The highest BCUT2D eigenvalue weighted by molar-refractivity contribution is 7.91. The number of anilines is 1. The number of sulfone groups is 1. The van der Waals surface area contributed by atoms with Gasteiger partial charge in [-0.1, -0.05) is 25.1 Å². The Labute approximate surface area is 158 Å². The van der Waals surface area contributed by atoms with E-state index in [1.807, 2.05) is 6.92 Å². The molecule has 27 heavy (non-hydrogen) atoms. The Bertz CT molecular complexity index is 925. The standard InChI is InChI=1S/C19H22N2O5S/c1-3-20-18(22)13-26-15-9-7-8-14(12-15)21-19(23)16-10-5-6-11-17(16)27(24,25)4-2/h5-12H,3-4,13H2,1-2H3,(H,20,22)(H,21,23). The summed E-state index contributed by atoms with van der Waals surface area (Å²) in [7, 11) is -3.53. The summed E-state index contributed by atoms with van der Waals surface area (Å²) < 4.78 is 29.8. The van der Waals surface area contributed by atoms with Gasteiger partial charge in [0.25, 0.3) is 11.8 Å². The second-order valence-corrected chi connectivity index (χ2v) is 7.87. The zero-order valence-corrected chi connectivity index (χ0v) is 16.0. The van der Waals surface area contributed by atoms with E-state index in [4.69, 9.17) is 4.74 Å². The van der Waals surface area contributed by atoms with Crippen molar-refractivity contribution in [1.82, 2.24) is 5.32 Å². The molecule has 144 valence electrons. The van der Waals surface area contributed by atoms with Crippen LogP contribution in [-0.2, 0) is 14.6 Å². The fourth-order valence-corrected chi connectivity index (χ4v) is 3.43. The number of ether oxygens (including phenoxy) is 1. The van der Waals surface area contributed by atoms with Gasteiger partial charge in [0.05, 0.1) is 16.2 Å². The molecule has 0 aliphatic heterocycles. The van der Waals surface area contributed by atoms with Crippen LogP contribution in [0.25, 0.3) is 0 Å². The van der Waals surface area contributed by atoms with E-state index in [0.717, 1.165) is 0 Å². The zero-order valence-electron chi connectivity index (χ0n) is 15.2. The number of hydrogen-bond acceptors (Lipinski definition) is 5. The Morgan fingerprint density at radius 2 is 1.78 bits per heavy atom. The van der Waals surface area contributed by atoms with Gasteiger partial charge in [0.2, 0.25) is 0 Å². The molecule has 2 N–H and O–H groups in total. The van der Waals surface area contributed by atoms with E-state index in [2.05, 4.69) is 10.6 Å². The molecule has 7 nitrogen and oxygen atoms in total. The highest BCUT2D eigenvalue weighted by atomic mass is 32.2. The number of carbonyl (C=O) groups excluding carboxylic acids is 2. The van der Waals surface area contributed by atoms with Crippen LogP contribution < -0.4 is 15.4 Å². The van der Waals surface area contributed by atoms with Crippen molar-refractivity contribution in [2.75, 3.05) is 24.2 Å². The number of benzene rings is 2. The summed E-state index contributed by atoms with van der Waals surface area (Å²) in [5, 5.41) is 5.28. The molecule has 0 saturated heterocycles. The molecule has 0 aliphatic rings. The van der Waals surface area contributed by atoms with Gasteiger partial charge in [0, 0.05) is 18.3 Å². The Balaban J connectivity index is 2.15. The Kier molecular flexibility index (Phi) is 6.95. The Hall–Kier alpha value is -2.87. The molecule has 8 heteroatoms. The summed E-state index contributed by atoms with van der Waals surface area (Å²) in [6, 6.07) is 12.6. The molecule has 0 bridgehead atoms. The summed E-state index contributed by atoms with van der Waals surface area (Å²) in [5.74, 6) is -0.469. The van der Waals surface area contributed by atoms with E-state index in [9.17, 15) is 18.0 Å². The SMILES string of the molecule is CCNC(=O)COc1cccc(NC(=O)c2ccccc2S(=O)(=O)CC)c1. The van der Waals surface area contributed by atoms with Crippen LogP contribution in [-0.4, -0.2) is 39.1 Å². The zero-order chi connectivity index (χ0) is 19.9. The molecule has 0 unspecified atom stereocenters. The fraction of sp³-hybridized carbons (Fsp3) is 0.263. The van der Waals surface area contributed by atoms with Crippen LogP contribution in [0.2, 0.25) is 0 Å². The average molecular weight is 390 g/mol. The maximum absolute atomic E-state index is 12.6. The summed E-state index contributed by atoms with van der Waals surface area (Å²) in [6.07, 6.45) is 0. The summed E-state index contributed by atoms with van der Waals surface area (Å²) >= 11 is 0. The number of likely N-dealkylation sites (N-methyl/N-ethyl adjacent to an activating group) is 1. The molecule has 2 amide bonds. The molecule has 0 fully saturated rings. The van der Waals surface area contributed by atoms with E-state index in [0.29, 0.717) is 18.0 Å². The first kappa shape index (κ1) is 20.4. The molecule has 2 aromatic carbocycles. The lowest BCUT2D eigenvalue weighted by Crippen LogP contribution is -2.28. The third-order valence-electron chi connectivity index (χ3n) is 3.68. The van der Waals surface area contributed by atoms with Crippen LogP contribution in [0.3, 0.4) is 0 Å². The minimum Gasteiger partial charge on any atom is -0.484 e. The van der Waals surface area contributed by atoms with Gasteiger partial charge in [0.1, 0.15) is 5.75 Å². The molecular weight excluding hydrogens is 368 g/mol. The van der Waals surface area contributed by atoms with E-state index in [1.165, 1.54) is 19.1 Å². The highest BCUT2D eigenvalue weighted by Gasteiger charge is 2.20. The fourth-order valence-electron chi connectivity index (χ4n) is 2.34. The second kappa shape index (κ2) is 9.18. The maximum atomic E-state index is 12.6. The molecule has 0 spiro atoms. The molecule has 0 heterocycles. The van der Waals surface area contributed by atoms with Gasteiger partial charge in [0.15, 0.2) is 16.4 Å². The van der Waals surface area contributed by atoms with Crippen LogP contribution in [0.5, 0.6) is 5.75 Å². The van der Waals surface area contributed by atoms with Crippen LogP contribution in [0, 0.1) is 0 Å². The quantitative estimate of drug-likeness (QED) is 0.720. The average Bonchev–Trinajstić information content (AvgIpc) is 2.67. The lowest BCUT2D eigenvalue weighted by atomic mass is 10.2. The van der Waals surface area contributed by atoms with E-state index in [-0.39, 0.29) is 28.7 Å². The smallest absolute Gasteiger partial charge is 0.257 e. The lowest BCUT2D eigenvalue weighted by Gasteiger charge is -2.11. The van der Waals surface area contributed by atoms with Gasteiger partial charge in [-0.25, -0.2) is 8.42 Å². The van der Waals surface area contributed by atoms with Crippen LogP contribution in [0.1, 0.15) is 24.2 Å². The molecule has 0 saturated carbocycles. The highest BCUT2D eigenvalue weighted by Crippen LogP contribution is 2.21. The molecular formula is C19H22N2O5S. The van der Waals surface area contributed by atoms with Crippen molar-refractivity contribution in [2.45, 2.75) is 18.7 Å². The van der Waals surface area contributed by atoms with E-state index < -0.39 is 15.7 Å². The van der Waals surface area contributed by atoms with Gasteiger partial charge in [-0.3, -0.25) is 9.59 Å². The normalized spacial score (nSPS) is 10.9. The number of carbonyl (C=O) groups is 2. The topological polar surface area (TPSA) is 102 Å². The number of rotatable bonds is 8. The molecule has 0 aliphatic carbocycles. The van der Waals surface area contributed by atoms with Gasteiger partial charge in [-0.15, -0.1) is 0 Å². The number of nitrogens with one attached hydrogen (secondary N) is 2. The van der Waals surface area contributed by atoms with Gasteiger partial charge in [-0.05, 0) is 31.2 Å². The predicted octanol–water partition coefficient (Wildman–Crippen LogP) is 2.25. The molecule has 2 rings (SSSR count). The third-order valence-corrected chi connectivity index (χ3v) is 5.47. The summed E-state index contributed by atoms with van der Waals surface area (Å²) in [6.45, 7) is 3.71. The van der Waals surface area contributed by atoms with Crippen molar-refractivity contribution in [2.24, 2.45) is 0 Å². The first-order chi connectivity index (χ1) is 12.9. The predicted molar refractivity (Wildman–Crippen MR) is 103 cm³/mol. The van der Waals surface area contributed by atoms with Crippen LogP contribution >= 0.6 is 0 Å². The molecule has 0 radical (unpaired) electrons. The van der Waals surface area contributed by atoms with Gasteiger partial charge < -0.3 is 15.4 Å². The van der Waals surface area contributed by atoms with Crippen LogP contribution in [0.15, 0.2) is 53.4 Å². The summed E-state index contributed by atoms with van der Waals surface area (Å²) in [5.41, 5.74) is 0.505. The van der Waals surface area contributed by atoms with Gasteiger partial charge in [-0.2, -0.15) is 0 Å². The Morgan fingerprint density at radius 3 is 2.48 bits per heavy atom. The van der Waals surface area contributed by atoms with Crippen molar-refractivity contribution in [3.63, 3.8) is 0 Å². The molecule has 2 aromatic rings. The number of hydrogen-bond donors (Lipinski definition) is 2. The van der Waals surface area contributed by atoms with Gasteiger partial charge >= 0.3 is 0 Å². The van der Waals surface area contributed by atoms with Crippen molar-refractivity contribution in [3.05, 3.63) is 54.1 Å². The Morgan fingerprint density at radius 1 is 1.04 bits per heavy atom. The van der Waals surface area contributed by atoms with Crippen molar-refractivity contribution in [1.29, 1.82) is 0 Å². The molecule has 0 aromatic heterocycles. The summed E-state index contributed by atoms with van der Waals surface area (Å²) in [4.78, 5) is 24.0. The first-order valence-corrected chi connectivity index (χ1v) is 10.1. The monoisotopic (exact) mass is 390 g/mol.